The zero-order valence-corrected chi connectivity index (χ0v) is 18.5. The molecule has 3 heterocycles. The first-order valence-corrected chi connectivity index (χ1v) is 11.4. The lowest BCUT2D eigenvalue weighted by molar-refractivity contribution is -0.168. The molecule has 9 nitrogen and oxygen atoms in total. The van der Waals surface area contributed by atoms with Crippen LogP contribution in [0.1, 0.15) is 32.0 Å². The molecule has 0 aliphatic rings. The molecule has 32 heavy (non-hydrogen) atoms. The molecule has 0 aliphatic heterocycles. The van der Waals surface area contributed by atoms with Crippen molar-refractivity contribution in [2.75, 3.05) is 11.1 Å². The number of pyridine rings is 1. The first-order valence-electron chi connectivity index (χ1n) is 9.41. The van der Waals surface area contributed by atoms with E-state index in [4.69, 9.17) is 11.6 Å². The summed E-state index contributed by atoms with van der Waals surface area (Å²) in [4.78, 5) is 28.5. The number of hydrogen-bond acceptors (Lipinski definition) is 8. The molecule has 14 heteroatoms. The molecule has 172 valence electrons. The molecule has 3 aromatic rings. The second kappa shape index (κ2) is 8.98. The summed E-state index contributed by atoms with van der Waals surface area (Å²) in [5, 5.41) is 2.34. The van der Waals surface area contributed by atoms with Gasteiger partial charge in [-0.15, -0.1) is 0 Å². The van der Waals surface area contributed by atoms with Crippen LogP contribution in [0.25, 0.3) is 11.2 Å². The monoisotopic (exact) mass is 490 g/mol. The summed E-state index contributed by atoms with van der Waals surface area (Å²) in [5.74, 6) is -0.449. The van der Waals surface area contributed by atoms with Gasteiger partial charge in [0.05, 0.1) is 29.1 Å². The van der Waals surface area contributed by atoms with Crippen LogP contribution < -0.4 is 10.9 Å². The van der Waals surface area contributed by atoms with E-state index in [1.165, 1.54) is 32.2 Å². The fourth-order valence-electron chi connectivity index (χ4n) is 2.99. The zero-order chi connectivity index (χ0) is 23.7. The molecular weight excluding hydrogens is 473 g/mol. The third-order valence-electron chi connectivity index (χ3n) is 4.65. The third-order valence-corrected chi connectivity index (χ3v) is 6.55. The Morgan fingerprint density at radius 2 is 1.88 bits per heavy atom. The summed E-state index contributed by atoms with van der Waals surface area (Å²) in [6.07, 6.45) is -2.84. The number of nitrogens with one attached hydrogen (secondary N) is 1. The Balaban J connectivity index is 2.02. The Kier molecular flexibility index (Phi) is 6.69. The van der Waals surface area contributed by atoms with Gasteiger partial charge in [0, 0.05) is 6.20 Å². The number of nitrogens with zero attached hydrogens (tertiary/aromatic N) is 5. The maximum absolute atomic E-state index is 13.6. The number of anilines is 1. The van der Waals surface area contributed by atoms with Gasteiger partial charge in [0.15, 0.2) is 21.3 Å². The number of alkyl halides is 3. The Morgan fingerprint density at radius 3 is 2.44 bits per heavy atom. The van der Waals surface area contributed by atoms with Crippen LogP contribution in [0, 0.1) is 0 Å². The molecule has 0 radical (unpaired) electrons. The second-order valence-corrected chi connectivity index (χ2v) is 9.31. The third kappa shape index (κ3) is 4.83. The summed E-state index contributed by atoms with van der Waals surface area (Å²) in [7, 11) is -3.43. The molecule has 3 rings (SSSR count). The second-order valence-electron chi connectivity index (χ2n) is 6.69. The summed E-state index contributed by atoms with van der Waals surface area (Å²) in [5.41, 5.74) is -1.08. The summed E-state index contributed by atoms with van der Waals surface area (Å²) < 4.78 is 65.1. The molecule has 0 saturated carbocycles. The Bertz CT molecular complexity index is 1300. The van der Waals surface area contributed by atoms with Crippen LogP contribution in [0.5, 0.6) is 0 Å². The van der Waals surface area contributed by atoms with E-state index >= 15 is 0 Å². The standard InChI is InChI=1S/C18H18ClF3N6O3S/c1-3-13(18(20,21)22)28-15-12(9-25-17(19)27-15)26-14(16(28)29)24-7-10-5-6-11(8-23-10)32(30,31)4-2/h5-6,8-9,13H,3-4,7H2,1-2H3,(H,24,26)/t13-/m1/s1. The van der Waals surface area contributed by atoms with Crippen LogP contribution in [-0.2, 0) is 16.4 Å². The van der Waals surface area contributed by atoms with Crippen LogP contribution in [0.2, 0.25) is 5.28 Å². The van der Waals surface area contributed by atoms with Gasteiger partial charge in [0.1, 0.15) is 11.6 Å². The normalized spacial score (nSPS) is 13.3. The average Bonchev–Trinajstić information content (AvgIpc) is 2.74. The first-order chi connectivity index (χ1) is 15.0. The molecule has 0 aliphatic carbocycles. The van der Waals surface area contributed by atoms with Crippen molar-refractivity contribution < 1.29 is 21.6 Å². The number of sulfone groups is 1. The van der Waals surface area contributed by atoms with Gasteiger partial charge in [0.25, 0.3) is 5.56 Å². The van der Waals surface area contributed by atoms with Crippen molar-refractivity contribution in [1.82, 2.24) is 24.5 Å². The number of halogens is 4. The minimum Gasteiger partial charge on any atom is -0.360 e. The highest BCUT2D eigenvalue weighted by atomic mass is 35.5. The van der Waals surface area contributed by atoms with E-state index < -0.39 is 34.0 Å². The van der Waals surface area contributed by atoms with Gasteiger partial charge in [0.2, 0.25) is 5.28 Å². The van der Waals surface area contributed by atoms with E-state index in [0.29, 0.717) is 10.3 Å². The molecule has 0 spiro atoms. The van der Waals surface area contributed by atoms with Crippen molar-refractivity contribution in [1.29, 1.82) is 0 Å². The predicted octanol–water partition coefficient (Wildman–Crippen LogP) is 3.15. The van der Waals surface area contributed by atoms with E-state index in [1.54, 1.807) is 0 Å². The lowest BCUT2D eigenvalue weighted by atomic mass is 10.2. The highest BCUT2D eigenvalue weighted by Crippen LogP contribution is 2.33. The van der Waals surface area contributed by atoms with Gasteiger partial charge >= 0.3 is 6.18 Å². The molecule has 0 unspecified atom stereocenters. The molecule has 1 atom stereocenters. The van der Waals surface area contributed by atoms with E-state index in [0.717, 1.165) is 6.20 Å². The largest absolute Gasteiger partial charge is 0.409 e. The quantitative estimate of drug-likeness (QED) is 0.501. The lowest BCUT2D eigenvalue weighted by Crippen LogP contribution is -2.36. The van der Waals surface area contributed by atoms with Crippen molar-refractivity contribution in [2.45, 2.75) is 43.9 Å². The van der Waals surface area contributed by atoms with E-state index in [1.807, 2.05) is 0 Å². The van der Waals surface area contributed by atoms with Crippen molar-refractivity contribution in [3.05, 3.63) is 45.9 Å². The van der Waals surface area contributed by atoms with Gasteiger partial charge in [-0.2, -0.15) is 18.2 Å². The van der Waals surface area contributed by atoms with Gasteiger partial charge in [-0.1, -0.05) is 13.8 Å². The first kappa shape index (κ1) is 23.9. The maximum Gasteiger partial charge on any atom is 0.409 e. The Morgan fingerprint density at radius 1 is 1.16 bits per heavy atom. The predicted molar refractivity (Wildman–Crippen MR) is 111 cm³/mol. The van der Waals surface area contributed by atoms with Crippen LogP contribution in [0.3, 0.4) is 0 Å². The van der Waals surface area contributed by atoms with Gasteiger partial charge in [-0.3, -0.25) is 14.3 Å². The lowest BCUT2D eigenvalue weighted by Gasteiger charge is -2.23. The fourth-order valence-corrected chi connectivity index (χ4v) is 3.94. The highest BCUT2D eigenvalue weighted by Gasteiger charge is 2.41. The van der Waals surface area contributed by atoms with Crippen molar-refractivity contribution in [2.24, 2.45) is 0 Å². The maximum atomic E-state index is 13.6. The van der Waals surface area contributed by atoms with E-state index in [2.05, 4.69) is 25.3 Å². The smallest absolute Gasteiger partial charge is 0.360 e. The molecule has 0 fully saturated rings. The molecule has 0 aromatic carbocycles. The number of rotatable bonds is 7. The minimum absolute atomic E-state index is 0.0416. The molecule has 1 N–H and O–H groups in total. The topological polar surface area (TPSA) is 120 Å². The molecule has 0 saturated heterocycles. The van der Waals surface area contributed by atoms with Crippen LogP contribution in [-0.4, -0.2) is 44.8 Å². The van der Waals surface area contributed by atoms with Crippen LogP contribution in [0.15, 0.2) is 34.2 Å². The SMILES string of the molecule is CC[C@@H](n1c(=O)c(NCc2ccc(S(=O)(=O)CC)cn2)nc2cnc(Cl)nc21)C(F)(F)F. The van der Waals surface area contributed by atoms with Crippen molar-refractivity contribution in [3.8, 4) is 0 Å². The van der Waals surface area contributed by atoms with Crippen LogP contribution >= 0.6 is 11.6 Å². The fraction of sp³-hybridized carbons (Fsp3) is 0.389. The molecular formula is C18H18ClF3N6O3S. The van der Waals surface area contributed by atoms with Crippen molar-refractivity contribution >= 4 is 38.4 Å². The number of hydrogen-bond donors (Lipinski definition) is 1. The highest BCUT2D eigenvalue weighted by molar-refractivity contribution is 7.91. The summed E-state index contributed by atoms with van der Waals surface area (Å²) in [6, 6.07) is 0.646. The molecule has 0 amide bonds. The van der Waals surface area contributed by atoms with Gasteiger partial charge in [-0.25, -0.2) is 18.4 Å². The van der Waals surface area contributed by atoms with Gasteiger partial charge < -0.3 is 5.32 Å². The van der Waals surface area contributed by atoms with E-state index in [-0.39, 0.29) is 39.5 Å². The summed E-state index contributed by atoms with van der Waals surface area (Å²) in [6.45, 7) is 2.71. The van der Waals surface area contributed by atoms with E-state index in [9.17, 15) is 26.4 Å². The zero-order valence-electron chi connectivity index (χ0n) is 16.9. The Hall–Kier alpha value is -2.80. The Labute approximate surface area is 185 Å². The minimum atomic E-state index is -4.72. The average molecular weight is 491 g/mol. The summed E-state index contributed by atoms with van der Waals surface area (Å²) >= 11 is 5.73. The molecule has 0 bridgehead atoms. The van der Waals surface area contributed by atoms with Crippen LogP contribution in [0.4, 0.5) is 19.0 Å². The molecule has 3 aromatic heterocycles. The van der Waals surface area contributed by atoms with Gasteiger partial charge in [-0.05, 0) is 30.2 Å². The number of aromatic nitrogens is 5. The number of fused-ring (bicyclic) bond motifs is 1. The van der Waals surface area contributed by atoms with Crippen molar-refractivity contribution in [3.63, 3.8) is 0 Å².